The summed E-state index contributed by atoms with van der Waals surface area (Å²) in [5.74, 6) is -0.178. The van der Waals surface area contributed by atoms with Gasteiger partial charge in [0.25, 0.3) is 0 Å². The highest BCUT2D eigenvalue weighted by Gasteiger charge is 2.13. The average molecular weight is 299 g/mol. The minimum Gasteiger partial charge on any atom is -0.355 e. The lowest BCUT2D eigenvalue weighted by Crippen LogP contribution is -2.38. The molecule has 0 bridgehead atoms. The average Bonchev–Trinajstić information content (AvgIpc) is 2.45. The Kier molecular flexibility index (Phi) is 6.63. The first-order valence-electron chi connectivity index (χ1n) is 6.44. The number of nitrogens with one attached hydrogen (secondary N) is 3. The Morgan fingerprint density at radius 2 is 1.90 bits per heavy atom. The number of carbonyl (C=O) groups is 1. The molecule has 20 heavy (non-hydrogen) atoms. The highest BCUT2D eigenvalue weighted by molar-refractivity contribution is 7.89. The van der Waals surface area contributed by atoms with E-state index in [9.17, 15) is 13.2 Å². The molecule has 0 saturated carbocycles. The lowest BCUT2D eigenvalue weighted by Gasteiger charge is -2.11. The van der Waals surface area contributed by atoms with Crippen LogP contribution in [-0.4, -0.2) is 40.5 Å². The van der Waals surface area contributed by atoms with E-state index in [0.717, 1.165) is 0 Å². The number of hydrogen-bond acceptors (Lipinski definition) is 4. The fraction of sp³-hybridized carbons (Fsp3) is 0.462. The monoisotopic (exact) mass is 299 g/mol. The van der Waals surface area contributed by atoms with Crippen molar-refractivity contribution in [2.24, 2.45) is 0 Å². The van der Waals surface area contributed by atoms with Gasteiger partial charge in [-0.15, -0.1) is 0 Å². The zero-order valence-corrected chi connectivity index (χ0v) is 12.5. The van der Waals surface area contributed by atoms with Gasteiger partial charge in [-0.05, 0) is 26.1 Å². The van der Waals surface area contributed by atoms with Crippen molar-refractivity contribution in [2.45, 2.75) is 24.3 Å². The van der Waals surface area contributed by atoms with E-state index < -0.39 is 10.0 Å². The van der Waals surface area contributed by atoms with Gasteiger partial charge in [-0.1, -0.05) is 18.2 Å². The van der Waals surface area contributed by atoms with Crippen LogP contribution in [0.5, 0.6) is 0 Å². The molecule has 0 radical (unpaired) electrons. The molecular formula is C13H21N3O3S. The molecule has 3 N–H and O–H groups in total. The molecule has 1 aromatic carbocycles. The Hall–Kier alpha value is -1.44. The SMILES string of the molecule is CNC(C)CNC(=O)CCNS(=O)(=O)c1ccccc1. The lowest BCUT2D eigenvalue weighted by atomic mass is 10.3. The summed E-state index contributed by atoms with van der Waals surface area (Å²) in [4.78, 5) is 11.7. The Bertz CT molecular complexity index is 517. The second kappa shape index (κ2) is 7.98. The van der Waals surface area contributed by atoms with Crippen LogP contribution in [0.2, 0.25) is 0 Å². The first kappa shape index (κ1) is 16.6. The third-order valence-electron chi connectivity index (χ3n) is 2.80. The molecule has 0 aliphatic carbocycles. The summed E-state index contributed by atoms with van der Waals surface area (Å²) in [7, 11) is -1.72. The van der Waals surface area contributed by atoms with Crippen LogP contribution >= 0.6 is 0 Å². The van der Waals surface area contributed by atoms with Crippen molar-refractivity contribution in [3.8, 4) is 0 Å². The van der Waals surface area contributed by atoms with Crippen molar-refractivity contribution in [3.63, 3.8) is 0 Å². The summed E-state index contributed by atoms with van der Waals surface area (Å²) in [6, 6.07) is 8.25. The summed E-state index contributed by atoms with van der Waals surface area (Å²) in [6.45, 7) is 2.54. The maximum atomic E-state index is 11.9. The Balaban J connectivity index is 2.35. The summed E-state index contributed by atoms with van der Waals surface area (Å²) < 4.78 is 26.2. The van der Waals surface area contributed by atoms with Crippen molar-refractivity contribution in [2.75, 3.05) is 20.1 Å². The fourth-order valence-corrected chi connectivity index (χ4v) is 2.49. The molecule has 112 valence electrons. The molecule has 0 saturated heterocycles. The van der Waals surface area contributed by atoms with Gasteiger partial charge < -0.3 is 10.6 Å². The standard InChI is InChI=1S/C13H21N3O3S/c1-11(14-2)10-15-13(17)8-9-16-20(18,19)12-6-4-3-5-7-12/h3-7,11,14,16H,8-10H2,1-2H3,(H,15,17). The summed E-state index contributed by atoms with van der Waals surface area (Å²) >= 11 is 0. The van der Waals surface area contributed by atoms with Crippen LogP contribution in [0.1, 0.15) is 13.3 Å². The highest BCUT2D eigenvalue weighted by atomic mass is 32.2. The third kappa shape index (κ3) is 5.68. The summed E-state index contributed by atoms with van der Waals surface area (Å²) in [6.07, 6.45) is 0.114. The van der Waals surface area contributed by atoms with Gasteiger partial charge in [-0.25, -0.2) is 13.1 Å². The molecule has 1 aromatic rings. The number of hydrogen-bond donors (Lipinski definition) is 3. The molecule has 1 amide bonds. The number of sulfonamides is 1. The molecule has 0 spiro atoms. The number of carbonyl (C=O) groups excluding carboxylic acids is 1. The normalized spacial score (nSPS) is 12.9. The van der Waals surface area contributed by atoms with Crippen LogP contribution < -0.4 is 15.4 Å². The van der Waals surface area contributed by atoms with E-state index in [-0.39, 0.29) is 29.8 Å². The zero-order chi connectivity index (χ0) is 15.0. The molecule has 0 heterocycles. The molecular weight excluding hydrogens is 278 g/mol. The van der Waals surface area contributed by atoms with Gasteiger partial charge in [0.05, 0.1) is 4.90 Å². The van der Waals surface area contributed by atoms with Crippen molar-refractivity contribution in [1.82, 2.24) is 15.4 Å². The molecule has 6 nitrogen and oxygen atoms in total. The number of amides is 1. The van der Waals surface area contributed by atoms with Crippen LogP contribution in [0.15, 0.2) is 35.2 Å². The van der Waals surface area contributed by atoms with Crippen LogP contribution in [-0.2, 0) is 14.8 Å². The van der Waals surface area contributed by atoms with Gasteiger partial charge in [-0.2, -0.15) is 0 Å². The second-order valence-electron chi connectivity index (χ2n) is 4.45. The van der Waals surface area contributed by atoms with Crippen molar-refractivity contribution in [3.05, 3.63) is 30.3 Å². The minimum atomic E-state index is -3.53. The van der Waals surface area contributed by atoms with Crippen molar-refractivity contribution < 1.29 is 13.2 Å². The molecule has 0 aliphatic rings. The van der Waals surface area contributed by atoms with E-state index in [2.05, 4.69) is 15.4 Å². The van der Waals surface area contributed by atoms with Crippen LogP contribution in [0, 0.1) is 0 Å². The Morgan fingerprint density at radius 1 is 1.25 bits per heavy atom. The first-order valence-corrected chi connectivity index (χ1v) is 7.92. The molecule has 0 aliphatic heterocycles. The molecule has 7 heteroatoms. The van der Waals surface area contributed by atoms with Crippen LogP contribution in [0.25, 0.3) is 0 Å². The molecule has 0 aromatic heterocycles. The van der Waals surface area contributed by atoms with Gasteiger partial charge in [0, 0.05) is 25.6 Å². The minimum absolute atomic E-state index is 0.0804. The topological polar surface area (TPSA) is 87.3 Å². The third-order valence-corrected chi connectivity index (χ3v) is 4.27. The van der Waals surface area contributed by atoms with Crippen molar-refractivity contribution >= 4 is 15.9 Å². The molecule has 1 atom stereocenters. The van der Waals surface area contributed by atoms with Gasteiger partial charge in [-0.3, -0.25) is 4.79 Å². The number of likely N-dealkylation sites (N-methyl/N-ethyl adjacent to an activating group) is 1. The fourth-order valence-electron chi connectivity index (χ4n) is 1.44. The van der Waals surface area contributed by atoms with Crippen LogP contribution in [0.4, 0.5) is 0 Å². The van der Waals surface area contributed by atoms with Gasteiger partial charge in [0.15, 0.2) is 0 Å². The second-order valence-corrected chi connectivity index (χ2v) is 6.22. The Labute approximate surface area is 120 Å². The smallest absolute Gasteiger partial charge is 0.240 e. The maximum absolute atomic E-state index is 11.9. The quantitative estimate of drug-likeness (QED) is 0.634. The molecule has 1 unspecified atom stereocenters. The maximum Gasteiger partial charge on any atom is 0.240 e. The van der Waals surface area contributed by atoms with E-state index in [1.165, 1.54) is 12.1 Å². The lowest BCUT2D eigenvalue weighted by molar-refractivity contribution is -0.121. The van der Waals surface area contributed by atoms with E-state index in [1.54, 1.807) is 18.2 Å². The van der Waals surface area contributed by atoms with Gasteiger partial charge in [0.1, 0.15) is 0 Å². The predicted molar refractivity (Wildman–Crippen MR) is 77.8 cm³/mol. The van der Waals surface area contributed by atoms with Crippen molar-refractivity contribution in [1.29, 1.82) is 0 Å². The summed E-state index contributed by atoms with van der Waals surface area (Å²) in [5, 5.41) is 5.72. The van der Waals surface area contributed by atoms with Gasteiger partial charge >= 0.3 is 0 Å². The van der Waals surface area contributed by atoms with E-state index in [0.29, 0.717) is 6.54 Å². The van der Waals surface area contributed by atoms with Gasteiger partial charge in [0.2, 0.25) is 15.9 Å². The van der Waals surface area contributed by atoms with E-state index in [1.807, 2.05) is 14.0 Å². The van der Waals surface area contributed by atoms with E-state index >= 15 is 0 Å². The summed E-state index contributed by atoms with van der Waals surface area (Å²) in [5.41, 5.74) is 0. The highest BCUT2D eigenvalue weighted by Crippen LogP contribution is 2.06. The Morgan fingerprint density at radius 3 is 2.50 bits per heavy atom. The van der Waals surface area contributed by atoms with Crippen LogP contribution in [0.3, 0.4) is 0 Å². The zero-order valence-electron chi connectivity index (χ0n) is 11.7. The largest absolute Gasteiger partial charge is 0.355 e. The van der Waals surface area contributed by atoms with E-state index in [4.69, 9.17) is 0 Å². The first-order chi connectivity index (χ1) is 9.45. The number of benzene rings is 1. The number of rotatable bonds is 8. The molecule has 1 rings (SSSR count). The predicted octanol–water partition coefficient (Wildman–Crippen LogP) is 0.0791. The molecule has 0 fully saturated rings.